The number of likely N-dealkylation sites (tertiary alicyclic amines) is 1. The molecule has 0 aromatic heterocycles. The monoisotopic (exact) mass is 586 g/mol. The topological polar surface area (TPSA) is 64.7 Å². The summed E-state index contributed by atoms with van der Waals surface area (Å²) in [5.74, 6) is 1.98. The smallest absolute Gasteiger partial charge is 0.244 e. The summed E-state index contributed by atoms with van der Waals surface area (Å²) in [5.41, 5.74) is 1.26. The molecule has 1 aromatic carbocycles. The Balaban J connectivity index is 1.33. The van der Waals surface area contributed by atoms with Gasteiger partial charge in [-0.2, -0.15) is 0 Å². The van der Waals surface area contributed by atoms with Gasteiger partial charge in [-0.1, -0.05) is 95.4 Å². The van der Waals surface area contributed by atoms with Crippen LogP contribution < -0.4 is 10.6 Å². The number of thioether (sulfide) groups is 1. The van der Waals surface area contributed by atoms with Gasteiger partial charge in [0.15, 0.2) is 0 Å². The van der Waals surface area contributed by atoms with Crippen LogP contribution in [0.1, 0.15) is 90.5 Å². The van der Waals surface area contributed by atoms with Gasteiger partial charge in [-0.25, -0.2) is 0 Å². The molecule has 8 heteroatoms. The Bertz CT molecular complexity index is 969. The van der Waals surface area contributed by atoms with Gasteiger partial charge in [0.1, 0.15) is 6.04 Å². The van der Waals surface area contributed by atoms with Gasteiger partial charge in [-0.15, -0.1) is 11.8 Å². The van der Waals surface area contributed by atoms with Crippen LogP contribution in [0.4, 0.5) is 0 Å². The first-order valence-corrected chi connectivity index (χ1v) is 17.0. The molecule has 0 unspecified atom stereocenters. The lowest BCUT2D eigenvalue weighted by atomic mass is 9.85. The molecule has 2 heterocycles. The highest BCUT2D eigenvalue weighted by molar-refractivity contribution is 7.99. The van der Waals surface area contributed by atoms with Gasteiger partial charge in [0, 0.05) is 37.8 Å². The molecule has 0 radical (unpaired) electrons. The van der Waals surface area contributed by atoms with Crippen LogP contribution in [0.5, 0.6) is 0 Å². The van der Waals surface area contributed by atoms with E-state index in [-0.39, 0.29) is 23.3 Å². The Morgan fingerprint density at radius 1 is 1.05 bits per heavy atom. The largest absolute Gasteiger partial charge is 0.375 e. The van der Waals surface area contributed by atoms with Gasteiger partial charge in [0.05, 0.1) is 16.9 Å². The number of thiocarbonyl (C=S) groups is 1. The molecule has 222 valence electrons. The van der Waals surface area contributed by atoms with Crippen molar-refractivity contribution in [3.8, 4) is 0 Å². The first-order chi connectivity index (χ1) is 19.2. The number of rotatable bonds is 10. The zero-order valence-corrected chi connectivity index (χ0v) is 26.5. The van der Waals surface area contributed by atoms with Crippen molar-refractivity contribution in [1.82, 2.24) is 20.4 Å². The molecular formula is C32H50N4O2S2. The van der Waals surface area contributed by atoms with Gasteiger partial charge in [0.2, 0.25) is 11.8 Å². The second-order valence-corrected chi connectivity index (χ2v) is 14.7. The van der Waals surface area contributed by atoms with Crippen LogP contribution in [0, 0.1) is 11.3 Å². The normalized spacial score (nSPS) is 22.2. The third-order valence-electron chi connectivity index (χ3n) is 8.59. The second-order valence-electron chi connectivity index (χ2n) is 13.3. The van der Waals surface area contributed by atoms with E-state index in [2.05, 4.69) is 66.6 Å². The minimum Gasteiger partial charge on any atom is -0.375 e. The number of nitrogens with one attached hydrogen (secondary N) is 2. The number of carbonyl (C=O) groups excluding carboxylic acids is 2. The van der Waals surface area contributed by atoms with Crippen molar-refractivity contribution in [2.45, 2.75) is 110 Å². The number of hydrogen-bond donors (Lipinski definition) is 2. The molecule has 0 bridgehead atoms. The first-order valence-electron chi connectivity index (χ1n) is 15.4. The molecule has 2 aliphatic heterocycles. The van der Waals surface area contributed by atoms with E-state index in [1.165, 1.54) is 37.7 Å². The molecule has 4 rings (SSSR count). The Kier molecular flexibility index (Phi) is 11.7. The van der Waals surface area contributed by atoms with E-state index in [9.17, 15) is 9.59 Å². The van der Waals surface area contributed by atoms with Gasteiger partial charge in [-0.3, -0.25) is 14.5 Å². The highest BCUT2D eigenvalue weighted by Gasteiger charge is 2.37. The number of nitrogens with zero attached hydrogens (tertiary/aromatic N) is 2. The molecule has 2 atom stereocenters. The summed E-state index contributed by atoms with van der Waals surface area (Å²) in [5, 5.41) is 6.97. The first kappa shape index (κ1) is 31.3. The molecular weight excluding hydrogens is 537 g/mol. The molecule has 1 saturated carbocycles. The lowest BCUT2D eigenvalue weighted by molar-refractivity contribution is -0.139. The molecule has 6 nitrogen and oxygen atoms in total. The van der Waals surface area contributed by atoms with E-state index in [1.54, 1.807) is 16.7 Å². The molecule has 40 heavy (non-hydrogen) atoms. The second kappa shape index (κ2) is 15.0. The standard InChI is InChI=1S/C32H50N4O2S2/c1-32(2,3)20-29(37)36-23-40-22-28(36)30(38)34-27(15-14-24-10-6-4-7-11-24)31(39)33-26-16-18-35(19-17-26)21-25-12-8-5-9-13-25/h5,8-9,12-13,24,26-28H,4,6-7,10-11,14-23H2,1-3H3,(H,33,39)(H,34,38)/t27-,28+/m1/s1. The van der Waals surface area contributed by atoms with E-state index in [0.717, 1.165) is 56.2 Å². The van der Waals surface area contributed by atoms with Crippen LogP contribution in [0.25, 0.3) is 0 Å². The van der Waals surface area contributed by atoms with E-state index in [0.29, 0.717) is 24.1 Å². The number of hydrogen-bond acceptors (Lipinski definition) is 5. The quantitative estimate of drug-likeness (QED) is 0.341. The summed E-state index contributed by atoms with van der Waals surface area (Å²) in [6.07, 6.45) is 11.0. The molecule has 3 aliphatic rings. The third-order valence-corrected chi connectivity index (χ3v) is 10.0. The molecule has 2 amide bonds. The van der Waals surface area contributed by atoms with Crippen molar-refractivity contribution in [3.05, 3.63) is 35.9 Å². The van der Waals surface area contributed by atoms with E-state index in [4.69, 9.17) is 12.2 Å². The number of piperidine rings is 1. The molecule has 2 N–H and O–H groups in total. The fourth-order valence-electron chi connectivity index (χ4n) is 6.25. The summed E-state index contributed by atoms with van der Waals surface area (Å²) < 4.78 is 0. The third kappa shape index (κ3) is 9.73. The fraction of sp³-hybridized carbons (Fsp3) is 0.719. The zero-order chi connectivity index (χ0) is 28.5. The van der Waals surface area contributed by atoms with Gasteiger partial charge in [-0.05, 0) is 42.6 Å². The number of carbonyl (C=O) groups is 2. The summed E-state index contributed by atoms with van der Waals surface area (Å²) in [6, 6.07) is 10.4. The summed E-state index contributed by atoms with van der Waals surface area (Å²) in [4.78, 5) is 31.7. The van der Waals surface area contributed by atoms with Gasteiger partial charge >= 0.3 is 0 Å². The number of amides is 2. The minimum absolute atomic E-state index is 0.0530. The Morgan fingerprint density at radius 2 is 1.75 bits per heavy atom. The van der Waals surface area contributed by atoms with Crippen molar-refractivity contribution in [1.29, 1.82) is 0 Å². The maximum absolute atomic E-state index is 13.6. The molecule has 2 saturated heterocycles. The van der Waals surface area contributed by atoms with Crippen molar-refractivity contribution in [2.75, 3.05) is 24.7 Å². The number of benzene rings is 1. The van der Waals surface area contributed by atoms with Gasteiger partial charge < -0.3 is 15.5 Å². The van der Waals surface area contributed by atoms with Crippen LogP contribution in [-0.2, 0) is 16.1 Å². The van der Waals surface area contributed by atoms with Crippen molar-refractivity contribution < 1.29 is 9.59 Å². The van der Waals surface area contributed by atoms with Crippen molar-refractivity contribution >= 4 is 40.8 Å². The summed E-state index contributed by atoms with van der Waals surface area (Å²) in [7, 11) is 0. The van der Waals surface area contributed by atoms with E-state index >= 15 is 0 Å². The van der Waals surface area contributed by atoms with Crippen molar-refractivity contribution in [3.63, 3.8) is 0 Å². The zero-order valence-electron chi connectivity index (χ0n) is 24.8. The molecule has 1 aromatic rings. The Morgan fingerprint density at radius 3 is 2.42 bits per heavy atom. The van der Waals surface area contributed by atoms with Crippen LogP contribution in [0.15, 0.2) is 30.3 Å². The van der Waals surface area contributed by atoms with Crippen LogP contribution in [0.2, 0.25) is 0 Å². The summed E-state index contributed by atoms with van der Waals surface area (Å²) >= 11 is 7.64. The average molecular weight is 587 g/mol. The lowest BCUT2D eigenvalue weighted by Gasteiger charge is -2.35. The predicted octanol–water partition coefficient (Wildman–Crippen LogP) is 5.75. The minimum atomic E-state index is -0.416. The average Bonchev–Trinajstić information content (AvgIpc) is 3.43. The Hall–Kier alpha value is -1.64. The van der Waals surface area contributed by atoms with Crippen LogP contribution >= 0.6 is 24.0 Å². The van der Waals surface area contributed by atoms with Crippen LogP contribution in [-0.4, -0.2) is 69.4 Å². The maximum atomic E-state index is 13.6. The lowest BCUT2D eigenvalue weighted by Crippen LogP contribution is -2.55. The van der Waals surface area contributed by atoms with E-state index < -0.39 is 6.04 Å². The Labute approximate surface area is 251 Å². The molecule has 1 aliphatic carbocycles. The summed E-state index contributed by atoms with van der Waals surface area (Å²) in [6.45, 7) is 9.28. The maximum Gasteiger partial charge on any atom is 0.244 e. The predicted molar refractivity (Wildman–Crippen MR) is 170 cm³/mol. The van der Waals surface area contributed by atoms with Crippen LogP contribution in [0.3, 0.4) is 0 Å². The highest BCUT2D eigenvalue weighted by Crippen LogP contribution is 2.29. The fourth-order valence-corrected chi connectivity index (χ4v) is 7.78. The van der Waals surface area contributed by atoms with Gasteiger partial charge in [0.25, 0.3) is 0 Å². The molecule has 3 fully saturated rings. The highest BCUT2D eigenvalue weighted by atomic mass is 32.2. The SMILES string of the molecule is CC(C)(C)CC(=O)N1CSC[C@H]1C(=O)N[C@H](CCC1CCCCC1)C(=S)NC1CCN(Cc2ccccc2)CC1. The van der Waals surface area contributed by atoms with Crippen molar-refractivity contribution in [2.24, 2.45) is 11.3 Å². The van der Waals surface area contributed by atoms with E-state index in [1.807, 2.05) is 0 Å². The molecule has 0 spiro atoms.